The SMILES string of the molecule is COc1ccc2cncnc2c1C1CCCC1. The number of aromatic nitrogens is 2. The molecule has 1 saturated carbocycles. The van der Waals surface area contributed by atoms with Crippen LogP contribution in [0.3, 0.4) is 0 Å². The summed E-state index contributed by atoms with van der Waals surface area (Å²) in [7, 11) is 1.74. The van der Waals surface area contributed by atoms with E-state index >= 15 is 0 Å². The number of hydrogen-bond donors (Lipinski definition) is 0. The second-order valence-electron chi connectivity index (χ2n) is 4.62. The standard InChI is InChI=1S/C14H16N2O/c1-17-12-7-6-11-8-15-9-16-14(11)13(12)10-4-2-3-5-10/h6-10H,2-5H2,1H3. The fraction of sp³-hybridized carbons (Fsp3) is 0.429. The molecule has 1 aromatic heterocycles. The summed E-state index contributed by atoms with van der Waals surface area (Å²) in [6.07, 6.45) is 8.63. The van der Waals surface area contributed by atoms with Crippen molar-refractivity contribution in [3.05, 3.63) is 30.2 Å². The molecular weight excluding hydrogens is 212 g/mol. The first kappa shape index (κ1) is 10.5. The van der Waals surface area contributed by atoms with Gasteiger partial charge in [0, 0.05) is 17.1 Å². The van der Waals surface area contributed by atoms with Gasteiger partial charge in [-0.05, 0) is 30.9 Å². The van der Waals surface area contributed by atoms with Crippen LogP contribution in [-0.4, -0.2) is 17.1 Å². The van der Waals surface area contributed by atoms with E-state index in [1.807, 2.05) is 18.3 Å². The molecule has 17 heavy (non-hydrogen) atoms. The van der Waals surface area contributed by atoms with E-state index in [2.05, 4.69) is 9.97 Å². The third-order valence-electron chi connectivity index (χ3n) is 3.66. The van der Waals surface area contributed by atoms with Crippen molar-refractivity contribution >= 4 is 10.9 Å². The molecule has 2 aromatic rings. The summed E-state index contributed by atoms with van der Waals surface area (Å²) in [4.78, 5) is 8.53. The number of methoxy groups -OCH3 is 1. The van der Waals surface area contributed by atoms with Gasteiger partial charge in [-0.1, -0.05) is 12.8 Å². The van der Waals surface area contributed by atoms with E-state index in [4.69, 9.17) is 4.74 Å². The number of rotatable bonds is 2. The molecule has 3 nitrogen and oxygen atoms in total. The van der Waals surface area contributed by atoms with Crippen LogP contribution in [0.15, 0.2) is 24.7 Å². The van der Waals surface area contributed by atoms with Gasteiger partial charge in [0.2, 0.25) is 0 Å². The summed E-state index contributed by atoms with van der Waals surface area (Å²) >= 11 is 0. The van der Waals surface area contributed by atoms with E-state index in [9.17, 15) is 0 Å². The van der Waals surface area contributed by atoms with Gasteiger partial charge in [-0.25, -0.2) is 9.97 Å². The Morgan fingerprint density at radius 3 is 2.82 bits per heavy atom. The Kier molecular flexibility index (Phi) is 2.67. The molecule has 1 heterocycles. The second-order valence-corrected chi connectivity index (χ2v) is 4.62. The van der Waals surface area contributed by atoms with Crippen LogP contribution in [0.4, 0.5) is 0 Å². The molecule has 0 radical (unpaired) electrons. The Morgan fingerprint density at radius 1 is 1.24 bits per heavy atom. The van der Waals surface area contributed by atoms with Crippen molar-refractivity contribution in [3.8, 4) is 5.75 Å². The third kappa shape index (κ3) is 1.75. The van der Waals surface area contributed by atoms with Gasteiger partial charge in [0.05, 0.1) is 12.6 Å². The minimum Gasteiger partial charge on any atom is -0.496 e. The highest BCUT2D eigenvalue weighted by molar-refractivity contribution is 5.83. The molecule has 1 aromatic carbocycles. The first-order chi connectivity index (χ1) is 8.40. The second kappa shape index (κ2) is 4.32. The van der Waals surface area contributed by atoms with Crippen LogP contribution in [0.5, 0.6) is 5.75 Å². The average Bonchev–Trinajstić information content (AvgIpc) is 2.91. The van der Waals surface area contributed by atoms with Crippen molar-refractivity contribution < 1.29 is 4.74 Å². The average molecular weight is 228 g/mol. The molecule has 88 valence electrons. The van der Waals surface area contributed by atoms with Gasteiger partial charge in [0.1, 0.15) is 12.1 Å². The zero-order chi connectivity index (χ0) is 11.7. The lowest BCUT2D eigenvalue weighted by Crippen LogP contribution is -2.00. The molecule has 0 spiro atoms. The molecule has 1 fully saturated rings. The lowest BCUT2D eigenvalue weighted by molar-refractivity contribution is 0.406. The van der Waals surface area contributed by atoms with E-state index in [0.717, 1.165) is 16.7 Å². The van der Waals surface area contributed by atoms with E-state index in [0.29, 0.717) is 5.92 Å². The Balaban J connectivity index is 2.23. The van der Waals surface area contributed by atoms with Crippen LogP contribution in [0, 0.1) is 0 Å². The van der Waals surface area contributed by atoms with Crippen LogP contribution < -0.4 is 4.74 Å². The van der Waals surface area contributed by atoms with E-state index in [1.54, 1.807) is 13.4 Å². The number of benzene rings is 1. The van der Waals surface area contributed by atoms with Gasteiger partial charge in [-0.2, -0.15) is 0 Å². The molecule has 0 amide bonds. The van der Waals surface area contributed by atoms with Crippen LogP contribution >= 0.6 is 0 Å². The fourth-order valence-electron chi connectivity index (χ4n) is 2.85. The van der Waals surface area contributed by atoms with Gasteiger partial charge < -0.3 is 4.74 Å². The predicted molar refractivity (Wildman–Crippen MR) is 67.3 cm³/mol. The molecule has 1 aliphatic carbocycles. The topological polar surface area (TPSA) is 35.0 Å². The van der Waals surface area contributed by atoms with E-state index in [1.165, 1.54) is 31.2 Å². The van der Waals surface area contributed by atoms with Gasteiger partial charge in [0.25, 0.3) is 0 Å². The van der Waals surface area contributed by atoms with Gasteiger partial charge >= 0.3 is 0 Å². The quantitative estimate of drug-likeness (QED) is 0.791. The molecule has 3 rings (SSSR count). The molecule has 0 N–H and O–H groups in total. The molecule has 0 unspecified atom stereocenters. The number of fused-ring (bicyclic) bond motifs is 1. The van der Waals surface area contributed by atoms with Crippen molar-refractivity contribution in [3.63, 3.8) is 0 Å². The molecule has 0 aliphatic heterocycles. The van der Waals surface area contributed by atoms with Crippen LogP contribution in [0.2, 0.25) is 0 Å². The molecular formula is C14H16N2O. The van der Waals surface area contributed by atoms with Crippen molar-refractivity contribution in [2.24, 2.45) is 0 Å². The van der Waals surface area contributed by atoms with Gasteiger partial charge in [0.15, 0.2) is 0 Å². The Labute approximate surface area is 101 Å². The van der Waals surface area contributed by atoms with Crippen LogP contribution in [0.25, 0.3) is 10.9 Å². The molecule has 0 saturated heterocycles. The van der Waals surface area contributed by atoms with Crippen molar-refractivity contribution in [2.75, 3.05) is 7.11 Å². The maximum absolute atomic E-state index is 5.51. The van der Waals surface area contributed by atoms with Crippen LogP contribution in [0.1, 0.15) is 37.2 Å². The largest absolute Gasteiger partial charge is 0.496 e. The maximum Gasteiger partial charge on any atom is 0.124 e. The minimum atomic E-state index is 0.601. The molecule has 1 aliphatic rings. The first-order valence-corrected chi connectivity index (χ1v) is 6.17. The highest BCUT2D eigenvalue weighted by atomic mass is 16.5. The smallest absolute Gasteiger partial charge is 0.124 e. The Morgan fingerprint density at radius 2 is 2.06 bits per heavy atom. The fourth-order valence-corrected chi connectivity index (χ4v) is 2.85. The Hall–Kier alpha value is -1.64. The van der Waals surface area contributed by atoms with E-state index < -0.39 is 0 Å². The zero-order valence-corrected chi connectivity index (χ0v) is 10.0. The third-order valence-corrected chi connectivity index (χ3v) is 3.66. The van der Waals surface area contributed by atoms with Gasteiger partial charge in [-0.3, -0.25) is 0 Å². The van der Waals surface area contributed by atoms with Crippen LogP contribution in [-0.2, 0) is 0 Å². The molecule has 0 bridgehead atoms. The van der Waals surface area contributed by atoms with E-state index in [-0.39, 0.29) is 0 Å². The zero-order valence-electron chi connectivity index (χ0n) is 10.0. The summed E-state index contributed by atoms with van der Waals surface area (Å²) in [5.74, 6) is 1.58. The van der Waals surface area contributed by atoms with Crippen molar-refractivity contribution in [2.45, 2.75) is 31.6 Å². The molecule has 3 heteroatoms. The Bertz CT molecular complexity index is 533. The number of nitrogens with zero attached hydrogens (tertiary/aromatic N) is 2. The minimum absolute atomic E-state index is 0.601. The number of ether oxygens (including phenoxy) is 1. The summed E-state index contributed by atoms with van der Waals surface area (Å²) in [5, 5.41) is 1.11. The lowest BCUT2D eigenvalue weighted by Gasteiger charge is -2.16. The summed E-state index contributed by atoms with van der Waals surface area (Å²) in [5.41, 5.74) is 2.34. The summed E-state index contributed by atoms with van der Waals surface area (Å²) in [6, 6.07) is 4.08. The highest BCUT2D eigenvalue weighted by Crippen LogP contribution is 2.41. The first-order valence-electron chi connectivity index (χ1n) is 6.17. The normalized spacial score (nSPS) is 16.5. The molecule has 0 atom stereocenters. The summed E-state index contributed by atoms with van der Waals surface area (Å²) < 4.78 is 5.51. The monoisotopic (exact) mass is 228 g/mol. The van der Waals surface area contributed by atoms with Gasteiger partial charge in [-0.15, -0.1) is 0 Å². The summed E-state index contributed by atoms with van der Waals surface area (Å²) in [6.45, 7) is 0. The highest BCUT2D eigenvalue weighted by Gasteiger charge is 2.23. The predicted octanol–water partition coefficient (Wildman–Crippen LogP) is 3.30. The lowest BCUT2D eigenvalue weighted by atomic mass is 9.94. The van der Waals surface area contributed by atoms with Crippen molar-refractivity contribution in [1.29, 1.82) is 0 Å². The number of hydrogen-bond acceptors (Lipinski definition) is 3. The maximum atomic E-state index is 5.51. The van der Waals surface area contributed by atoms with Crippen molar-refractivity contribution in [1.82, 2.24) is 9.97 Å².